The Hall–Kier alpha value is -2.56. The molecule has 0 aliphatic carbocycles. The summed E-state index contributed by atoms with van der Waals surface area (Å²) in [4.78, 5) is 23.4. The zero-order valence-corrected chi connectivity index (χ0v) is 12.6. The lowest BCUT2D eigenvalue weighted by Gasteiger charge is -2.14. The molecule has 5 heteroatoms. The number of rotatable bonds is 6. The van der Waals surface area contributed by atoms with E-state index in [-0.39, 0.29) is 12.3 Å². The highest BCUT2D eigenvalue weighted by molar-refractivity contribution is 5.93. The molecule has 116 valence electrons. The first kappa shape index (κ1) is 15.8. The first-order chi connectivity index (χ1) is 10.5. The van der Waals surface area contributed by atoms with Gasteiger partial charge >= 0.3 is 5.97 Å². The minimum atomic E-state index is -0.931. The van der Waals surface area contributed by atoms with Crippen molar-refractivity contribution in [1.82, 2.24) is 5.32 Å². The van der Waals surface area contributed by atoms with E-state index in [0.29, 0.717) is 6.42 Å². The summed E-state index contributed by atoms with van der Waals surface area (Å²) in [5.41, 5.74) is 2.74. The third kappa shape index (κ3) is 3.75. The van der Waals surface area contributed by atoms with Crippen LogP contribution < -0.4 is 5.32 Å². The largest absolute Gasteiger partial charge is 0.481 e. The Morgan fingerprint density at radius 1 is 1.18 bits per heavy atom. The van der Waals surface area contributed by atoms with E-state index < -0.39 is 17.8 Å². The molecular weight excluding hydrogens is 282 g/mol. The topological polar surface area (TPSA) is 79.5 Å². The molecule has 0 saturated heterocycles. The number of amides is 1. The quantitative estimate of drug-likeness (QED) is 0.859. The molecule has 0 bridgehead atoms. The Morgan fingerprint density at radius 3 is 2.50 bits per heavy atom. The van der Waals surface area contributed by atoms with Gasteiger partial charge in [-0.25, -0.2) is 0 Å². The highest BCUT2D eigenvalue weighted by atomic mass is 16.4. The summed E-state index contributed by atoms with van der Waals surface area (Å²) in [5, 5.41) is 12.0. The van der Waals surface area contributed by atoms with Gasteiger partial charge < -0.3 is 14.8 Å². The van der Waals surface area contributed by atoms with Crippen LogP contribution in [0, 0.1) is 19.8 Å². The number of furan rings is 1. The van der Waals surface area contributed by atoms with Gasteiger partial charge in [-0.2, -0.15) is 0 Å². The Labute approximate surface area is 129 Å². The number of aryl methyl sites for hydroxylation is 2. The molecule has 1 amide bonds. The van der Waals surface area contributed by atoms with Crippen LogP contribution in [0.1, 0.15) is 27.2 Å². The van der Waals surface area contributed by atoms with E-state index in [9.17, 15) is 14.7 Å². The van der Waals surface area contributed by atoms with Crippen LogP contribution in [0.15, 0.2) is 41.0 Å². The van der Waals surface area contributed by atoms with Crippen LogP contribution in [0.4, 0.5) is 0 Å². The normalized spacial score (nSPS) is 11.9. The Balaban J connectivity index is 2.01. The molecular formula is C17H19NO4. The standard InChI is InChI=1S/C17H19NO4/c1-11-5-3-4-6-13(11)9-14(17(20)21)10-18-16(19)15-12(2)7-8-22-15/h3-8,14H,9-10H2,1-2H3,(H,18,19)(H,20,21)/t14-/m1/s1. The first-order valence-electron chi connectivity index (χ1n) is 7.08. The maximum absolute atomic E-state index is 12.0. The first-order valence-corrected chi connectivity index (χ1v) is 7.08. The Bertz CT molecular complexity index is 675. The highest BCUT2D eigenvalue weighted by Crippen LogP contribution is 2.14. The van der Waals surface area contributed by atoms with Gasteiger partial charge in [0.15, 0.2) is 5.76 Å². The molecule has 0 spiro atoms. The molecule has 1 aromatic carbocycles. The molecule has 2 N–H and O–H groups in total. The van der Waals surface area contributed by atoms with Gasteiger partial charge in [-0.15, -0.1) is 0 Å². The predicted octanol–water partition coefficient (Wildman–Crippen LogP) is 2.57. The molecule has 22 heavy (non-hydrogen) atoms. The monoisotopic (exact) mass is 301 g/mol. The molecule has 0 radical (unpaired) electrons. The van der Waals surface area contributed by atoms with E-state index in [2.05, 4.69) is 5.32 Å². The molecule has 0 saturated carbocycles. The molecule has 5 nitrogen and oxygen atoms in total. The number of benzene rings is 1. The molecule has 1 heterocycles. The summed E-state index contributed by atoms with van der Waals surface area (Å²) in [6.45, 7) is 3.77. The van der Waals surface area contributed by atoms with Crippen LogP contribution in [0.2, 0.25) is 0 Å². The number of carbonyl (C=O) groups excluding carboxylic acids is 1. The fourth-order valence-electron chi connectivity index (χ4n) is 2.25. The Morgan fingerprint density at radius 2 is 1.91 bits per heavy atom. The number of aliphatic carboxylic acids is 1. The van der Waals surface area contributed by atoms with Gasteiger partial charge in [0.1, 0.15) is 0 Å². The molecule has 1 aromatic heterocycles. The maximum Gasteiger partial charge on any atom is 0.308 e. The maximum atomic E-state index is 12.0. The lowest BCUT2D eigenvalue weighted by Crippen LogP contribution is -2.34. The van der Waals surface area contributed by atoms with Crippen LogP contribution >= 0.6 is 0 Å². The van der Waals surface area contributed by atoms with E-state index in [4.69, 9.17) is 4.42 Å². The van der Waals surface area contributed by atoms with Crippen LogP contribution in [0.3, 0.4) is 0 Å². The van der Waals surface area contributed by atoms with Gasteiger partial charge in [0.2, 0.25) is 0 Å². The SMILES string of the molecule is Cc1ccccc1C[C@H](CNC(=O)c1occc1C)C(=O)O. The van der Waals surface area contributed by atoms with Crippen LogP contribution in [-0.4, -0.2) is 23.5 Å². The van der Waals surface area contributed by atoms with Crippen LogP contribution in [-0.2, 0) is 11.2 Å². The van der Waals surface area contributed by atoms with E-state index in [0.717, 1.165) is 16.7 Å². The molecule has 2 rings (SSSR count). The van der Waals surface area contributed by atoms with Crippen molar-refractivity contribution in [1.29, 1.82) is 0 Å². The number of hydrogen-bond acceptors (Lipinski definition) is 3. The van der Waals surface area contributed by atoms with E-state index >= 15 is 0 Å². The van der Waals surface area contributed by atoms with Crippen LogP contribution in [0.25, 0.3) is 0 Å². The van der Waals surface area contributed by atoms with Gasteiger partial charge in [-0.05, 0) is 37.5 Å². The lowest BCUT2D eigenvalue weighted by molar-refractivity contribution is -0.141. The van der Waals surface area contributed by atoms with Crippen molar-refractivity contribution in [2.45, 2.75) is 20.3 Å². The Kier molecular flexibility index (Phi) is 4.99. The second-order valence-electron chi connectivity index (χ2n) is 5.31. The third-order valence-electron chi connectivity index (χ3n) is 3.65. The molecule has 2 aromatic rings. The third-order valence-corrected chi connectivity index (χ3v) is 3.65. The fraction of sp³-hybridized carbons (Fsp3) is 0.294. The molecule has 0 aliphatic rings. The number of carboxylic acid groups (broad SMARTS) is 1. The van der Waals surface area contributed by atoms with Gasteiger partial charge in [0, 0.05) is 12.1 Å². The summed E-state index contributed by atoms with van der Waals surface area (Å²) < 4.78 is 5.10. The average Bonchev–Trinajstić information content (AvgIpc) is 2.91. The van der Waals surface area contributed by atoms with Gasteiger partial charge in [-0.1, -0.05) is 24.3 Å². The summed E-state index contributed by atoms with van der Waals surface area (Å²) in [5.74, 6) is -1.78. The van der Waals surface area contributed by atoms with Crippen LogP contribution in [0.5, 0.6) is 0 Å². The van der Waals surface area contributed by atoms with Gasteiger partial charge in [-0.3, -0.25) is 9.59 Å². The van der Waals surface area contributed by atoms with E-state index in [1.807, 2.05) is 31.2 Å². The fourth-order valence-corrected chi connectivity index (χ4v) is 2.25. The van der Waals surface area contributed by atoms with Crippen molar-refractivity contribution < 1.29 is 19.1 Å². The van der Waals surface area contributed by atoms with Crippen molar-refractivity contribution in [2.75, 3.05) is 6.54 Å². The zero-order valence-electron chi connectivity index (χ0n) is 12.6. The average molecular weight is 301 g/mol. The molecule has 0 fully saturated rings. The summed E-state index contributed by atoms with van der Waals surface area (Å²) in [6.07, 6.45) is 1.81. The number of carbonyl (C=O) groups is 2. The van der Waals surface area contributed by atoms with E-state index in [1.165, 1.54) is 6.26 Å². The second-order valence-corrected chi connectivity index (χ2v) is 5.31. The van der Waals surface area contributed by atoms with Gasteiger partial charge in [0.25, 0.3) is 5.91 Å². The smallest absolute Gasteiger partial charge is 0.308 e. The van der Waals surface area contributed by atoms with Crippen molar-refractivity contribution >= 4 is 11.9 Å². The second kappa shape index (κ2) is 6.93. The molecule has 0 aliphatic heterocycles. The van der Waals surface area contributed by atoms with E-state index in [1.54, 1.807) is 13.0 Å². The summed E-state index contributed by atoms with van der Waals surface area (Å²) >= 11 is 0. The van der Waals surface area contributed by atoms with Crippen molar-refractivity contribution in [3.05, 3.63) is 59.0 Å². The minimum absolute atomic E-state index is 0.0582. The van der Waals surface area contributed by atoms with Gasteiger partial charge in [0.05, 0.1) is 12.2 Å². The lowest BCUT2D eigenvalue weighted by atomic mass is 9.96. The van der Waals surface area contributed by atoms with Crippen molar-refractivity contribution in [3.63, 3.8) is 0 Å². The van der Waals surface area contributed by atoms with Crippen molar-refractivity contribution in [2.24, 2.45) is 5.92 Å². The summed E-state index contributed by atoms with van der Waals surface area (Å²) in [6, 6.07) is 9.34. The molecule has 1 atom stereocenters. The number of hydrogen-bond donors (Lipinski definition) is 2. The zero-order chi connectivity index (χ0) is 16.1. The van der Waals surface area contributed by atoms with Crippen molar-refractivity contribution in [3.8, 4) is 0 Å². The highest BCUT2D eigenvalue weighted by Gasteiger charge is 2.21. The predicted molar refractivity (Wildman–Crippen MR) is 81.8 cm³/mol. The number of carboxylic acids is 1. The number of nitrogens with one attached hydrogen (secondary N) is 1. The molecule has 0 unspecified atom stereocenters. The minimum Gasteiger partial charge on any atom is -0.481 e. The summed E-state index contributed by atoms with van der Waals surface area (Å²) in [7, 11) is 0.